The molecule has 0 aromatic carbocycles. The van der Waals surface area contributed by atoms with Crippen molar-refractivity contribution in [3.63, 3.8) is 0 Å². The van der Waals surface area contributed by atoms with Crippen LogP contribution in [0, 0.1) is 21.7 Å². The van der Waals surface area contributed by atoms with E-state index in [4.69, 9.17) is 0 Å². The van der Waals surface area contributed by atoms with Gasteiger partial charge in [-0.05, 0) is 27.7 Å². The summed E-state index contributed by atoms with van der Waals surface area (Å²) in [6, 6.07) is 0. The third-order valence-electron chi connectivity index (χ3n) is 7.61. The molecule has 18 heteroatoms. The van der Waals surface area contributed by atoms with Gasteiger partial charge >= 0.3 is 37.1 Å². The average molecular weight is 570 g/mol. The fraction of sp³-hybridized carbons (Fsp3) is 0.778. The molecule has 0 aromatic heterocycles. The molecule has 2 aliphatic carbocycles. The number of halogens is 18. The van der Waals surface area contributed by atoms with E-state index in [1.54, 1.807) is 0 Å². The van der Waals surface area contributed by atoms with Crippen LogP contribution in [0.3, 0.4) is 0 Å². The van der Waals surface area contributed by atoms with Crippen molar-refractivity contribution in [2.24, 2.45) is 21.7 Å². The van der Waals surface area contributed by atoms with E-state index in [1.807, 2.05) is 0 Å². The lowest BCUT2D eigenvalue weighted by atomic mass is 9.22. The van der Waals surface area contributed by atoms with Gasteiger partial charge in [0.15, 0.2) is 0 Å². The Bertz CT molecular complexity index is 820. The van der Waals surface area contributed by atoms with Crippen molar-refractivity contribution in [2.45, 2.75) is 64.8 Å². The summed E-state index contributed by atoms with van der Waals surface area (Å²) >= 11 is 0. The van der Waals surface area contributed by atoms with Gasteiger partial charge < -0.3 is 0 Å². The number of hydrogen-bond acceptors (Lipinski definition) is 0. The molecule has 0 bridgehead atoms. The molecule has 0 spiro atoms. The zero-order chi connectivity index (χ0) is 29.3. The summed E-state index contributed by atoms with van der Waals surface area (Å²) in [5.74, 6) is 0. The Morgan fingerprint density at radius 3 is 0.500 bits per heavy atom. The van der Waals surface area contributed by atoms with E-state index in [1.165, 1.54) is 0 Å². The molecular formula is C18H12F18. The zero-order valence-electron chi connectivity index (χ0n) is 17.8. The van der Waals surface area contributed by atoms with Crippen LogP contribution in [-0.4, -0.2) is 37.1 Å². The Kier molecular flexibility index (Phi) is 5.91. The summed E-state index contributed by atoms with van der Waals surface area (Å²) in [4.78, 5) is 0. The molecule has 0 unspecified atom stereocenters. The summed E-state index contributed by atoms with van der Waals surface area (Å²) in [7, 11) is 0. The Labute approximate surface area is 189 Å². The monoisotopic (exact) mass is 570 g/mol. The summed E-state index contributed by atoms with van der Waals surface area (Å²) < 4.78 is 252. The summed E-state index contributed by atoms with van der Waals surface area (Å²) in [6.45, 7) is -0.352. The van der Waals surface area contributed by atoms with Gasteiger partial charge in [-0.1, -0.05) is 22.3 Å². The van der Waals surface area contributed by atoms with E-state index < -0.39 is 81.0 Å². The first-order chi connectivity index (χ1) is 15.4. The van der Waals surface area contributed by atoms with Gasteiger partial charge in [-0.15, -0.1) is 0 Å². The lowest BCUT2D eigenvalue weighted by Gasteiger charge is -2.78. The third-order valence-corrected chi connectivity index (χ3v) is 7.61. The average Bonchev–Trinajstić information content (AvgIpc) is 2.55. The highest BCUT2D eigenvalue weighted by Crippen LogP contribution is 2.94. The van der Waals surface area contributed by atoms with Crippen LogP contribution in [0.1, 0.15) is 27.7 Å². The van der Waals surface area contributed by atoms with Crippen molar-refractivity contribution in [2.75, 3.05) is 0 Å². The summed E-state index contributed by atoms with van der Waals surface area (Å²) in [5, 5.41) is 0. The molecule has 0 atom stereocenters. The molecule has 0 heterocycles. The second kappa shape index (κ2) is 6.99. The van der Waals surface area contributed by atoms with Crippen molar-refractivity contribution in [1.82, 2.24) is 0 Å². The number of hydrogen-bond donors (Lipinski definition) is 0. The minimum atomic E-state index is -7.77. The molecule has 0 nitrogen and oxygen atoms in total. The third kappa shape index (κ3) is 2.54. The van der Waals surface area contributed by atoms with Gasteiger partial charge in [0.25, 0.3) is 10.8 Å². The topological polar surface area (TPSA) is 0 Å². The maximum atomic E-state index is 14.0. The van der Waals surface area contributed by atoms with E-state index in [-0.39, 0.29) is 27.7 Å². The Balaban J connectivity index is 3.52. The predicted octanol–water partition coefficient (Wildman–Crippen LogP) is 9.01. The minimum absolute atomic E-state index is 0.0879. The molecule has 36 heavy (non-hydrogen) atoms. The van der Waals surface area contributed by atoms with E-state index in [2.05, 4.69) is 0 Å². The number of fused-ring (bicyclic) bond motifs is 1. The number of alkyl halides is 18. The first kappa shape index (κ1) is 30.4. The van der Waals surface area contributed by atoms with E-state index in [0.29, 0.717) is 0 Å². The molecule has 2 aliphatic rings. The van der Waals surface area contributed by atoms with Crippen molar-refractivity contribution in [3.8, 4) is 0 Å². The Hall–Kier alpha value is -1.78. The molecule has 2 rings (SSSR count). The maximum absolute atomic E-state index is 14.0. The summed E-state index contributed by atoms with van der Waals surface area (Å²) in [6.07, 6.45) is -46.6. The van der Waals surface area contributed by atoms with E-state index in [9.17, 15) is 79.0 Å². The van der Waals surface area contributed by atoms with Gasteiger partial charge in [-0.2, -0.15) is 79.0 Å². The van der Waals surface area contributed by atoms with Gasteiger partial charge in [0.1, 0.15) is 0 Å². The molecule has 0 N–H and O–H groups in total. The summed E-state index contributed by atoms with van der Waals surface area (Å²) in [5.41, 5.74) is -34.0. The lowest BCUT2D eigenvalue weighted by Crippen LogP contribution is -2.87. The number of rotatable bonds is 2. The van der Waals surface area contributed by atoms with Crippen LogP contribution >= 0.6 is 0 Å². The second-order valence-corrected chi connectivity index (χ2v) is 8.49. The fourth-order valence-corrected chi connectivity index (χ4v) is 6.61. The minimum Gasteiger partial charge on any atom is -0.170 e. The van der Waals surface area contributed by atoms with Crippen molar-refractivity contribution < 1.29 is 79.0 Å². The Morgan fingerprint density at radius 2 is 0.417 bits per heavy atom. The predicted molar refractivity (Wildman–Crippen MR) is 82.8 cm³/mol. The first-order valence-electron chi connectivity index (χ1n) is 9.15. The molecule has 0 aliphatic heterocycles. The maximum Gasteiger partial charge on any atom is 0.413 e. The van der Waals surface area contributed by atoms with Crippen LogP contribution < -0.4 is 0 Å². The van der Waals surface area contributed by atoms with Crippen LogP contribution in [0.15, 0.2) is 22.3 Å². The highest BCUT2D eigenvalue weighted by molar-refractivity contribution is 5.70. The SMILES string of the molecule is CC1=C(C)C2(C(C(F)(F)F)(C(F)(F)F)C(F)(F)F)C(C)=C(C)C12C(C(F)(F)F)(C(F)(F)F)C(F)(F)F. The molecule has 0 saturated heterocycles. The van der Waals surface area contributed by atoms with Crippen molar-refractivity contribution in [3.05, 3.63) is 22.3 Å². The van der Waals surface area contributed by atoms with Gasteiger partial charge in [0.2, 0.25) is 0 Å². The zero-order valence-corrected chi connectivity index (χ0v) is 17.8. The van der Waals surface area contributed by atoms with Crippen LogP contribution in [0.4, 0.5) is 79.0 Å². The Morgan fingerprint density at radius 1 is 0.306 bits per heavy atom. The molecular weight excluding hydrogens is 558 g/mol. The largest absolute Gasteiger partial charge is 0.413 e. The van der Waals surface area contributed by atoms with Crippen LogP contribution in [-0.2, 0) is 0 Å². The molecule has 0 fully saturated rings. The van der Waals surface area contributed by atoms with Crippen molar-refractivity contribution >= 4 is 0 Å². The molecule has 0 radical (unpaired) electrons. The van der Waals surface area contributed by atoms with Gasteiger partial charge in [0, 0.05) is 0 Å². The normalized spacial score (nSPS) is 27.2. The smallest absolute Gasteiger partial charge is 0.170 e. The molecule has 0 aromatic rings. The fourth-order valence-electron chi connectivity index (χ4n) is 6.61. The van der Waals surface area contributed by atoms with Crippen LogP contribution in [0.25, 0.3) is 0 Å². The highest BCUT2D eigenvalue weighted by Gasteiger charge is 3.06. The van der Waals surface area contributed by atoms with E-state index in [0.717, 1.165) is 0 Å². The number of allylic oxidation sites excluding steroid dienone is 4. The van der Waals surface area contributed by atoms with E-state index >= 15 is 0 Å². The van der Waals surface area contributed by atoms with Crippen molar-refractivity contribution in [1.29, 1.82) is 0 Å². The second-order valence-electron chi connectivity index (χ2n) is 8.49. The van der Waals surface area contributed by atoms with Gasteiger partial charge in [-0.25, -0.2) is 0 Å². The molecule has 0 saturated carbocycles. The standard InChI is InChI=1S/C18H12F18/c1-5-6(2)10(12(16(28,29)30,17(31,32)33)18(34,35)36)8(4)7(3)9(5,10)11(13(19,20)21,14(22,23)24)15(25,26)27/h1-4H3. The van der Waals surface area contributed by atoms with Gasteiger partial charge in [-0.3, -0.25) is 0 Å². The molecule has 210 valence electrons. The van der Waals surface area contributed by atoms with Crippen LogP contribution in [0.2, 0.25) is 0 Å². The highest BCUT2D eigenvalue weighted by atomic mass is 19.4. The lowest BCUT2D eigenvalue weighted by molar-refractivity contribution is -0.510. The molecule has 0 amide bonds. The quantitative estimate of drug-likeness (QED) is 0.230. The first-order valence-corrected chi connectivity index (χ1v) is 9.15. The van der Waals surface area contributed by atoms with Gasteiger partial charge in [0.05, 0.1) is 10.8 Å². The van der Waals surface area contributed by atoms with Crippen LogP contribution in [0.5, 0.6) is 0 Å².